The Hall–Kier alpha value is -1.11. The van der Waals surface area contributed by atoms with Gasteiger partial charge in [-0.2, -0.15) is 0 Å². The van der Waals surface area contributed by atoms with Crippen LogP contribution < -0.4 is 5.73 Å². The average Bonchev–Trinajstić information content (AvgIpc) is 2.99. The van der Waals surface area contributed by atoms with Crippen LogP contribution in [0.4, 0.5) is 0 Å². The number of halogens is 1. The lowest BCUT2D eigenvalue weighted by Gasteiger charge is -2.05. The molecule has 0 aliphatic heterocycles. The molecule has 3 N–H and O–H groups in total. The quantitative estimate of drug-likeness (QED) is 0.865. The summed E-state index contributed by atoms with van der Waals surface area (Å²) in [5, 5.41) is 8.63. The molecule has 1 aliphatic rings. The Morgan fingerprint density at radius 2 is 1.95 bits per heavy atom. The first-order valence-electron chi connectivity index (χ1n) is 5.74. The second-order valence-electron chi connectivity index (χ2n) is 4.64. The van der Waals surface area contributed by atoms with Gasteiger partial charge >= 0.3 is 5.97 Å². The monoisotopic (exact) mass is 303 g/mol. The van der Waals surface area contributed by atoms with E-state index >= 15 is 0 Å². The molecule has 1 aromatic rings. The van der Waals surface area contributed by atoms with Crippen molar-refractivity contribution in [1.82, 2.24) is 0 Å². The molecule has 3 unspecified atom stereocenters. The molecule has 0 saturated heterocycles. The summed E-state index contributed by atoms with van der Waals surface area (Å²) in [6.07, 6.45) is 0. The zero-order chi connectivity index (χ0) is 14.4. The van der Waals surface area contributed by atoms with Gasteiger partial charge in [-0.05, 0) is 17.7 Å². The van der Waals surface area contributed by atoms with E-state index in [1.54, 1.807) is 24.3 Å². The van der Waals surface area contributed by atoms with Crippen molar-refractivity contribution >= 4 is 27.4 Å². The molecule has 1 saturated carbocycles. The smallest absolute Gasteiger partial charge is 0.325 e. The van der Waals surface area contributed by atoms with E-state index in [0.29, 0.717) is 10.6 Å². The number of hydrogen-bond donors (Lipinski definition) is 2. The summed E-state index contributed by atoms with van der Waals surface area (Å²) in [6.45, 7) is 1.48. The Bertz CT molecular complexity index is 613. The number of carbonyl (C=O) groups is 1. The van der Waals surface area contributed by atoms with Crippen molar-refractivity contribution in [2.75, 3.05) is 5.75 Å². The highest BCUT2D eigenvalue weighted by molar-refractivity contribution is 7.92. The van der Waals surface area contributed by atoms with Gasteiger partial charge in [0, 0.05) is 16.7 Å². The second kappa shape index (κ2) is 4.47. The van der Waals surface area contributed by atoms with Crippen molar-refractivity contribution in [3.05, 3.63) is 34.9 Å². The topological polar surface area (TPSA) is 97.5 Å². The number of benzene rings is 1. The lowest BCUT2D eigenvalue weighted by atomic mass is 10.1. The van der Waals surface area contributed by atoms with Crippen LogP contribution in [0, 0.1) is 0 Å². The number of nitrogens with two attached hydrogens (primary N) is 1. The number of carboxylic acids is 1. The van der Waals surface area contributed by atoms with E-state index in [2.05, 4.69) is 0 Å². The predicted molar refractivity (Wildman–Crippen MR) is 72.0 cm³/mol. The first-order valence-corrected chi connectivity index (χ1v) is 7.83. The maximum absolute atomic E-state index is 12.0. The molecule has 1 aromatic carbocycles. The fraction of sp³-hybridized carbons (Fsp3) is 0.417. The van der Waals surface area contributed by atoms with E-state index in [1.807, 2.05) is 0 Å². The molecule has 3 atom stereocenters. The SMILES string of the molecule is CCS(=O)(=O)C1C(c2ccc(Cl)cc2)C1(N)C(=O)O. The first-order chi connectivity index (χ1) is 8.75. The average molecular weight is 304 g/mol. The van der Waals surface area contributed by atoms with Crippen LogP contribution in [0.3, 0.4) is 0 Å². The van der Waals surface area contributed by atoms with Gasteiger partial charge in [-0.15, -0.1) is 0 Å². The standard InChI is InChI=1S/C12H14ClNO4S/c1-2-19(17,18)10-9(12(10,14)11(15)16)7-3-5-8(13)6-4-7/h3-6,9-10H,2,14H2,1H3,(H,15,16). The predicted octanol–water partition coefficient (Wildman–Crippen LogP) is 1.02. The maximum Gasteiger partial charge on any atom is 0.325 e. The van der Waals surface area contributed by atoms with Gasteiger partial charge in [-0.3, -0.25) is 4.79 Å². The Morgan fingerprint density at radius 3 is 2.37 bits per heavy atom. The fourth-order valence-electron chi connectivity index (χ4n) is 2.43. The molecule has 0 heterocycles. The minimum Gasteiger partial charge on any atom is -0.480 e. The third kappa shape index (κ3) is 2.13. The van der Waals surface area contributed by atoms with Crippen LogP contribution in [0.5, 0.6) is 0 Å². The minimum atomic E-state index is -3.52. The van der Waals surface area contributed by atoms with Crippen molar-refractivity contribution in [1.29, 1.82) is 0 Å². The van der Waals surface area contributed by atoms with Gasteiger partial charge < -0.3 is 10.8 Å². The molecule has 1 fully saturated rings. The number of rotatable bonds is 4. The molecule has 19 heavy (non-hydrogen) atoms. The zero-order valence-electron chi connectivity index (χ0n) is 10.2. The second-order valence-corrected chi connectivity index (χ2v) is 7.49. The highest BCUT2D eigenvalue weighted by Gasteiger charge is 2.73. The van der Waals surface area contributed by atoms with Crippen molar-refractivity contribution in [3.8, 4) is 0 Å². The van der Waals surface area contributed by atoms with Crippen LogP contribution in [0.15, 0.2) is 24.3 Å². The van der Waals surface area contributed by atoms with Crippen LogP contribution >= 0.6 is 11.6 Å². The molecule has 7 heteroatoms. The molecule has 5 nitrogen and oxygen atoms in total. The molecular weight excluding hydrogens is 290 g/mol. The molecular formula is C12H14ClNO4S. The Balaban J connectivity index is 2.45. The zero-order valence-corrected chi connectivity index (χ0v) is 11.8. The summed E-state index contributed by atoms with van der Waals surface area (Å²) >= 11 is 5.76. The first kappa shape index (κ1) is 14.3. The summed E-state index contributed by atoms with van der Waals surface area (Å²) < 4.78 is 23.9. The Morgan fingerprint density at radius 1 is 1.42 bits per heavy atom. The molecule has 0 spiro atoms. The summed E-state index contributed by atoms with van der Waals surface area (Å²) in [5.41, 5.74) is 4.63. The normalized spacial score (nSPS) is 30.1. The van der Waals surface area contributed by atoms with Gasteiger partial charge in [0.15, 0.2) is 9.84 Å². The minimum absolute atomic E-state index is 0.131. The lowest BCUT2D eigenvalue weighted by Crippen LogP contribution is -2.40. The van der Waals surface area contributed by atoms with Crippen molar-refractivity contribution in [3.63, 3.8) is 0 Å². The molecule has 0 amide bonds. The molecule has 0 aromatic heterocycles. The van der Waals surface area contributed by atoms with Gasteiger partial charge in [0.25, 0.3) is 0 Å². The van der Waals surface area contributed by atoms with Gasteiger partial charge in [-0.25, -0.2) is 8.42 Å². The maximum atomic E-state index is 12.0. The third-order valence-electron chi connectivity index (χ3n) is 3.57. The largest absolute Gasteiger partial charge is 0.480 e. The van der Waals surface area contributed by atoms with Crippen LogP contribution in [0.25, 0.3) is 0 Å². The van der Waals surface area contributed by atoms with Crippen molar-refractivity contribution < 1.29 is 18.3 Å². The fourth-order valence-corrected chi connectivity index (χ4v) is 4.48. The summed E-state index contributed by atoms with van der Waals surface area (Å²) in [7, 11) is -3.52. The van der Waals surface area contributed by atoms with Crippen LogP contribution in [-0.2, 0) is 14.6 Å². The van der Waals surface area contributed by atoms with E-state index in [4.69, 9.17) is 17.3 Å². The van der Waals surface area contributed by atoms with E-state index in [0.717, 1.165) is 0 Å². The van der Waals surface area contributed by atoms with Crippen LogP contribution in [0.1, 0.15) is 18.4 Å². The van der Waals surface area contributed by atoms with E-state index < -0.39 is 32.5 Å². The highest BCUT2D eigenvalue weighted by Crippen LogP contribution is 2.54. The Kier molecular flexibility index (Phi) is 3.36. The Labute approximate surface area is 116 Å². The number of aliphatic carboxylic acids is 1. The van der Waals surface area contributed by atoms with E-state index in [-0.39, 0.29) is 5.75 Å². The van der Waals surface area contributed by atoms with Gasteiger partial charge in [0.05, 0.1) is 5.25 Å². The number of hydrogen-bond acceptors (Lipinski definition) is 4. The van der Waals surface area contributed by atoms with Gasteiger partial charge in [0.1, 0.15) is 5.54 Å². The van der Waals surface area contributed by atoms with Gasteiger partial charge in [0.2, 0.25) is 0 Å². The van der Waals surface area contributed by atoms with Crippen molar-refractivity contribution in [2.24, 2.45) is 5.73 Å². The van der Waals surface area contributed by atoms with E-state index in [1.165, 1.54) is 6.92 Å². The molecule has 0 radical (unpaired) electrons. The number of carboxylic acid groups (broad SMARTS) is 1. The van der Waals surface area contributed by atoms with Crippen molar-refractivity contribution in [2.45, 2.75) is 23.6 Å². The van der Waals surface area contributed by atoms with E-state index in [9.17, 15) is 18.3 Å². The lowest BCUT2D eigenvalue weighted by molar-refractivity contribution is -0.139. The molecule has 1 aliphatic carbocycles. The number of sulfone groups is 1. The highest BCUT2D eigenvalue weighted by atomic mass is 35.5. The molecule has 0 bridgehead atoms. The summed E-state index contributed by atoms with van der Waals surface area (Å²) in [4.78, 5) is 11.3. The molecule has 2 rings (SSSR count). The van der Waals surface area contributed by atoms with Gasteiger partial charge in [-0.1, -0.05) is 30.7 Å². The van der Waals surface area contributed by atoms with Crippen LogP contribution in [-0.4, -0.2) is 36.0 Å². The summed E-state index contributed by atoms with van der Waals surface area (Å²) in [5.74, 6) is -2.16. The summed E-state index contributed by atoms with van der Waals surface area (Å²) in [6, 6.07) is 6.41. The third-order valence-corrected chi connectivity index (χ3v) is 6.06. The van der Waals surface area contributed by atoms with Crippen LogP contribution in [0.2, 0.25) is 5.02 Å². The molecule has 104 valence electrons.